The monoisotopic (exact) mass is 289 g/mol. The van der Waals surface area contributed by atoms with E-state index >= 15 is 0 Å². The molecule has 1 heterocycles. The largest absolute Gasteiger partial charge is 0.316 e. The highest BCUT2D eigenvalue weighted by Gasteiger charge is 2.24. The topological polar surface area (TPSA) is 12.0 Å². The van der Waals surface area contributed by atoms with E-state index < -0.39 is 11.6 Å². The molecule has 2 unspecified atom stereocenters. The molecule has 1 aromatic carbocycles. The van der Waals surface area contributed by atoms with Gasteiger partial charge in [-0.1, -0.05) is 12.1 Å². The zero-order valence-electron chi connectivity index (χ0n) is 10.3. The Morgan fingerprint density at radius 3 is 2.89 bits per heavy atom. The summed E-state index contributed by atoms with van der Waals surface area (Å²) in [5.41, 5.74) is 0.463. The second kappa shape index (κ2) is 6.78. The first-order valence-electron chi connectivity index (χ1n) is 6.02. The first-order valence-corrected chi connectivity index (χ1v) is 8.22. The van der Waals surface area contributed by atoms with Crippen molar-refractivity contribution in [2.75, 3.05) is 24.3 Å². The zero-order valence-corrected chi connectivity index (χ0v) is 11.9. The molecule has 5 heteroatoms. The fraction of sp³-hybridized carbons (Fsp3) is 0.538. The quantitative estimate of drug-likeness (QED) is 0.915. The fourth-order valence-corrected chi connectivity index (χ4v) is 5.03. The maximum absolute atomic E-state index is 13.7. The van der Waals surface area contributed by atoms with E-state index in [1.807, 2.05) is 30.6 Å². The summed E-state index contributed by atoms with van der Waals surface area (Å²) >= 11 is 3.86. The molecule has 1 aromatic rings. The molecule has 18 heavy (non-hydrogen) atoms. The van der Waals surface area contributed by atoms with Crippen LogP contribution in [0.2, 0.25) is 0 Å². The molecule has 1 aliphatic rings. The normalized spacial score (nSPS) is 21.8. The predicted molar refractivity (Wildman–Crippen MR) is 76.5 cm³/mol. The molecule has 0 radical (unpaired) electrons. The maximum Gasteiger partial charge on any atom is 0.162 e. The highest BCUT2D eigenvalue weighted by atomic mass is 32.2. The molecule has 1 saturated heterocycles. The summed E-state index contributed by atoms with van der Waals surface area (Å²) in [6.45, 7) is 0. The Morgan fingerprint density at radius 1 is 1.39 bits per heavy atom. The number of benzene rings is 1. The number of halogens is 2. The summed E-state index contributed by atoms with van der Waals surface area (Å²) in [7, 11) is 1.89. The lowest BCUT2D eigenvalue weighted by molar-refractivity contribution is 0.482. The average Bonchev–Trinajstić information content (AvgIpc) is 2.41. The van der Waals surface area contributed by atoms with Crippen LogP contribution < -0.4 is 5.32 Å². The molecule has 0 saturated carbocycles. The Hall–Kier alpha value is -0.260. The predicted octanol–water partition coefficient (Wildman–Crippen LogP) is 2.94. The molecule has 0 aliphatic carbocycles. The highest BCUT2D eigenvalue weighted by Crippen LogP contribution is 2.28. The van der Waals surface area contributed by atoms with E-state index in [4.69, 9.17) is 0 Å². The number of rotatable bonds is 4. The van der Waals surface area contributed by atoms with Crippen molar-refractivity contribution in [2.24, 2.45) is 0 Å². The molecule has 1 N–H and O–H groups in total. The SMILES string of the molecule is CNC(Cc1cccc(F)c1F)C1CSCCS1. The van der Waals surface area contributed by atoms with Crippen molar-refractivity contribution >= 4 is 23.5 Å². The number of likely N-dealkylation sites (N-methyl/N-ethyl adjacent to an activating group) is 1. The molecular weight excluding hydrogens is 272 g/mol. The third-order valence-corrected chi connectivity index (χ3v) is 6.05. The van der Waals surface area contributed by atoms with Gasteiger partial charge in [0.05, 0.1) is 0 Å². The van der Waals surface area contributed by atoms with E-state index in [0.29, 0.717) is 17.2 Å². The second-order valence-corrected chi connectivity index (χ2v) is 6.79. The van der Waals surface area contributed by atoms with E-state index in [1.54, 1.807) is 12.1 Å². The molecule has 2 rings (SSSR count). The van der Waals surface area contributed by atoms with E-state index in [-0.39, 0.29) is 6.04 Å². The summed E-state index contributed by atoms with van der Waals surface area (Å²) < 4.78 is 26.8. The number of hydrogen-bond donors (Lipinski definition) is 1. The highest BCUT2D eigenvalue weighted by molar-refractivity contribution is 8.06. The van der Waals surface area contributed by atoms with E-state index in [9.17, 15) is 8.78 Å². The van der Waals surface area contributed by atoms with Crippen LogP contribution in [0.1, 0.15) is 5.56 Å². The van der Waals surface area contributed by atoms with Crippen molar-refractivity contribution < 1.29 is 8.78 Å². The first kappa shape index (κ1) is 14.2. The first-order chi connectivity index (χ1) is 8.72. The lowest BCUT2D eigenvalue weighted by atomic mass is 10.0. The zero-order chi connectivity index (χ0) is 13.0. The molecule has 0 amide bonds. The summed E-state index contributed by atoms with van der Waals surface area (Å²) in [4.78, 5) is 0. The standard InChI is InChI=1S/C13H17F2NS2/c1-16-11(12-8-17-5-6-18-12)7-9-3-2-4-10(14)13(9)15/h2-4,11-12,16H,5-8H2,1H3. The molecule has 1 nitrogen and oxygen atoms in total. The summed E-state index contributed by atoms with van der Waals surface area (Å²) in [6, 6.07) is 4.60. The van der Waals surface area contributed by atoms with Crippen LogP contribution in [-0.4, -0.2) is 35.6 Å². The van der Waals surface area contributed by atoms with Gasteiger partial charge in [-0.05, 0) is 25.1 Å². The molecule has 0 spiro atoms. The Kier molecular flexibility index (Phi) is 5.33. The number of nitrogens with one attached hydrogen (secondary N) is 1. The van der Waals surface area contributed by atoms with Crippen LogP contribution in [0.5, 0.6) is 0 Å². The van der Waals surface area contributed by atoms with Crippen LogP contribution in [0.3, 0.4) is 0 Å². The van der Waals surface area contributed by atoms with E-state index in [0.717, 1.165) is 11.5 Å². The summed E-state index contributed by atoms with van der Waals surface area (Å²) in [5.74, 6) is 1.94. The second-order valence-electron chi connectivity index (χ2n) is 4.30. The number of thioether (sulfide) groups is 2. The van der Waals surface area contributed by atoms with Gasteiger partial charge >= 0.3 is 0 Å². The van der Waals surface area contributed by atoms with Crippen molar-refractivity contribution in [1.29, 1.82) is 0 Å². The van der Waals surface area contributed by atoms with Gasteiger partial charge in [-0.2, -0.15) is 23.5 Å². The van der Waals surface area contributed by atoms with Crippen LogP contribution >= 0.6 is 23.5 Å². The third-order valence-electron chi connectivity index (χ3n) is 3.13. The van der Waals surface area contributed by atoms with Crippen molar-refractivity contribution in [3.05, 3.63) is 35.4 Å². The van der Waals surface area contributed by atoms with Gasteiger partial charge in [-0.15, -0.1) is 0 Å². The molecule has 1 aliphatic heterocycles. The smallest absolute Gasteiger partial charge is 0.162 e. The number of hydrogen-bond acceptors (Lipinski definition) is 3. The van der Waals surface area contributed by atoms with Gasteiger partial charge < -0.3 is 5.32 Å². The van der Waals surface area contributed by atoms with Crippen LogP contribution in [-0.2, 0) is 6.42 Å². The summed E-state index contributed by atoms with van der Waals surface area (Å²) in [6.07, 6.45) is 0.540. The molecule has 0 aromatic heterocycles. The molecule has 0 bridgehead atoms. The Morgan fingerprint density at radius 2 is 2.22 bits per heavy atom. The van der Waals surface area contributed by atoms with Crippen LogP contribution in [0, 0.1) is 11.6 Å². The van der Waals surface area contributed by atoms with Crippen molar-refractivity contribution in [2.45, 2.75) is 17.7 Å². The molecule has 100 valence electrons. The van der Waals surface area contributed by atoms with Gasteiger partial charge in [0.2, 0.25) is 0 Å². The maximum atomic E-state index is 13.7. The van der Waals surface area contributed by atoms with Gasteiger partial charge in [0.25, 0.3) is 0 Å². The van der Waals surface area contributed by atoms with E-state index in [2.05, 4.69) is 5.32 Å². The van der Waals surface area contributed by atoms with Gasteiger partial charge in [0.15, 0.2) is 11.6 Å². The van der Waals surface area contributed by atoms with Crippen LogP contribution in [0.15, 0.2) is 18.2 Å². The van der Waals surface area contributed by atoms with Gasteiger partial charge in [0.1, 0.15) is 0 Å². The average molecular weight is 289 g/mol. The minimum atomic E-state index is -0.756. The van der Waals surface area contributed by atoms with Gasteiger partial charge in [0, 0.05) is 28.6 Å². The van der Waals surface area contributed by atoms with Crippen molar-refractivity contribution in [3.63, 3.8) is 0 Å². The molecular formula is C13H17F2NS2. The van der Waals surface area contributed by atoms with Crippen molar-refractivity contribution in [3.8, 4) is 0 Å². The summed E-state index contributed by atoms with van der Waals surface area (Å²) in [5, 5.41) is 3.71. The minimum Gasteiger partial charge on any atom is -0.316 e. The lowest BCUT2D eigenvalue weighted by Gasteiger charge is -2.29. The minimum absolute atomic E-state index is 0.194. The fourth-order valence-electron chi connectivity index (χ4n) is 2.10. The Labute approximate surface area is 115 Å². The van der Waals surface area contributed by atoms with Gasteiger partial charge in [-0.25, -0.2) is 8.78 Å². The Balaban J connectivity index is 2.07. The Bertz CT molecular complexity index is 395. The molecule has 2 atom stereocenters. The lowest BCUT2D eigenvalue weighted by Crippen LogP contribution is -2.40. The van der Waals surface area contributed by atoms with Gasteiger partial charge in [-0.3, -0.25) is 0 Å². The third kappa shape index (κ3) is 3.39. The van der Waals surface area contributed by atoms with Crippen molar-refractivity contribution in [1.82, 2.24) is 5.32 Å². The van der Waals surface area contributed by atoms with Crippen LogP contribution in [0.25, 0.3) is 0 Å². The molecule has 1 fully saturated rings. The van der Waals surface area contributed by atoms with Crippen LogP contribution in [0.4, 0.5) is 8.78 Å². The van der Waals surface area contributed by atoms with E-state index in [1.165, 1.54) is 11.8 Å².